The zero-order valence-electron chi connectivity index (χ0n) is 12.0. The molecule has 1 aliphatic carbocycles. The summed E-state index contributed by atoms with van der Waals surface area (Å²) < 4.78 is 4.84. The van der Waals surface area contributed by atoms with Crippen molar-refractivity contribution in [3.63, 3.8) is 0 Å². The molecule has 1 aromatic carbocycles. The van der Waals surface area contributed by atoms with Crippen molar-refractivity contribution in [3.05, 3.63) is 54.1 Å². The lowest BCUT2D eigenvalue weighted by Crippen LogP contribution is -2.47. The number of nitrogens with one attached hydrogen (secondary N) is 1. The van der Waals surface area contributed by atoms with E-state index < -0.39 is 17.4 Å². The molecule has 1 aliphatic rings. The largest absolute Gasteiger partial charge is 0.468 e. The molecule has 0 bridgehead atoms. The lowest BCUT2D eigenvalue weighted by Gasteiger charge is -2.35. The summed E-state index contributed by atoms with van der Waals surface area (Å²) in [5, 5.41) is 2.74. The van der Waals surface area contributed by atoms with E-state index in [1.54, 1.807) is 42.5 Å². The fourth-order valence-corrected chi connectivity index (χ4v) is 2.47. The Morgan fingerprint density at radius 3 is 2.67 bits per heavy atom. The van der Waals surface area contributed by atoms with Crippen LogP contribution in [-0.2, 0) is 19.9 Å². The quantitative estimate of drug-likeness (QED) is 0.829. The molecule has 2 atom stereocenters. The molecule has 5 heteroatoms. The Bertz CT molecular complexity index is 622. The highest BCUT2D eigenvalue weighted by Gasteiger charge is 2.41. The van der Waals surface area contributed by atoms with E-state index in [1.165, 1.54) is 14.0 Å². The molecule has 0 aliphatic heterocycles. The third-order valence-corrected chi connectivity index (χ3v) is 3.46. The number of methoxy groups -OCH3 is 1. The predicted octanol–water partition coefficient (Wildman–Crippen LogP) is 1.71. The minimum atomic E-state index is -1.07. The number of amides is 1. The maximum absolute atomic E-state index is 12.0. The van der Waals surface area contributed by atoms with Crippen molar-refractivity contribution in [1.82, 2.24) is 0 Å². The lowest BCUT2D eigenvalue weighted by atomic mass is 9.75. The molecule has 0 spiro atoms. The molecule has 0 aromatic heterocycles. The van der Waals surface area contributed by atoms with Crippen LogP contribution in [0.25, 0.3) is 0 Å². The van der Waals surface area contributed by atoms with E-state index in [4.69, 9.17) is 10.5 Å². The van der Waals surface area contributed by atoms with Gasteiger partial charge in [0.15, 0.2) is 0 Å². The summed E-state index contributed by atoms with van der Waals surface area (Å²) in [5.41, 5.74) is 6.67. The van der Waals surface area contributed by atoms with Gasteiger partial charge in [0.25, 0.3) is 0 Å². The second-order valence-corrected chi connectivity index (χ2v) is 4.90. The molecule has 1 amide bonds. The number of nitrogens with two attached hydrogens (primary N) is 1. The molecule has 3 N–H and O–H groups in total. The van der Waals surface area contributed by atoms with Gasteiger partial charge in [-0.2, -0.15) is 0 Å². The lowest BCUT2D eigenvalue weighted by molar-refractivity contribution is -0.145. The summed E-state index contributed by atoms with van der Waals surface area (Å²) in [5.74, 6) is -1.27. The van der Waals surface area contributed by atoms with Crippen molar-refractivity contribution in [2.24, 2.45) is 11.7 Å². The van der Waals surface area contributed by atoms with Crippen LogP contribution in [0.15, 0.2) is 48.6 Å². The minimum Gasteiger partial charge on any atom is -0.468 e. The molecule has 21 heavy (non-hydrogen) atoms. The molecule has 110 valence electrons. The van der Waals surface area contributed by atoms with Gasteiger partial charge in [-0.1, -0.05) is 42.5 Å². The highest BCUT2D eigenvalue weighted by molar-refractivity contribution is 5.90. The number of carbonyl (C=O) groups is 2. The molecule has 0 fully saturated rings. The summed E-state index contributed by atoms with van der Waals surface area (Å²) in [6.45, 7) is 1.42. The molecule has 0 saturated carbocycles. The van der Waals surface area contributed by atoms with Gasteiger partial charge in [0.2, 0.25) is 5.91 Å². The standard InChI is InChI=1S/C16H18N2O3/c1-11(19)18-14-9-4-3-7-12(14)16(17)10-6-5-8-13(16)15(20)21-2/h3-10,13H,17H2,1-2H3,(H,18,19). The fraction of sp³-hybridized carbons (Fsp3) is 0.250. The van der Waals surface area contributed by atoms with Gasteiger partial charge in [-0.25, -0.2) is 0 Å². The van der Waals surface area contributed by atoms with Gasteiger partial charge in [-0.15, -0.1) is 0 Å². The second kappa shape index (κ2) is 5.93. The number of rotatable bonds is 3. The molecule has 1 aromatic rings. The average Bonchev–Trinajstić information content (AvgIpc) is 2.47. The number of benzene rings is 1. The van der Waals surface area contributed by atoms with Gasteiger partial charge in [-0.3, -0.25) is 9.59 Å². The van der Waals surface area contributed by atoms with Crippen LogP contribution < -0.4 is 11.1 Å². The fourth-order valence-electron chi connectivity index (χ4n) is 2.47. The number of allylic oxidation sites excluding steroid dienone is 2. The maximum Gasteiger partial charge on any atom is 0.315 e. The molecule has 0 heterocycles. The number of carbonyl (C=O) groups excluding carboxylic acids is 2. The van der Waals surface area contributed by atoms with E-state index in [1.807, 2.05) is 6.07 Å². The Morgan fingerprint density at radius 2 is 2.00 bits per heavy atom. The molecule has 5 nitrogen and oxygen atoms in total. The van der Waals surface area contributed by atoms with E-state index >= 15 is 0 Å². The zero-order chi connectivity index (χ0) is 15.5. The summed E-state index contributed by atoms with van der Waals surface area (Å²) in [4.78, 5) is 23.4. The van der Waals surface area contributed by atoms with Crippen LogP contribution >= 0.6 is 0 Å². The molecular formula is C16H18N2O3. The monoisotopic (exact) mass is 286 g/mol. The van der Waals surface area contributed by atoms with Gasteiger partial charge in [0, 0.05) is 18.2 Å². The average molecular weight is 286 g/mol. The van der Waals surface area contributed by atoms with Gasteiger partial charge in [0.1, 0.15) is 5.92 Å². The van der Waals surface area contributed by atoms with Crippen LogP contribution in [0.2, 0.25) is 0 Å². The van der Waals surface area contributed by atoms with Crippen molar-refractivity contribution in [2.45, 2.75) is 12.5 Å². The molecule has 0 radical (unpaired) electrons. The predicted molar refractivity (Wildman–Crippen MR) is 80.4 cm³/mol. The van der Waals surface area contributed by atoms with E-state index in [0.717, 1.165) is 0 Å². The van der Waals surface area contributed by atoms with Crippen LogP contribution in [0, 0.1) is 5.92 Å². The van der Waals surface area contributed by atoms with Crippen molar-refractivity contribution < 1.29 is 14.3 Å². The Hall–Kier alpha value is -2.40. The van der Waals surface area contributed by atoms with Crippen molar-refractivity contribution in [2.75, 3.05) is 12.4 Å². The SMILES string of the molecule is COC(=O)C1C=CC=CC1(N)c1ccccc1NC(C)=O. The first-order chi connectivity index (χ1) is 9.99. The van der Waals surface area contributed by atoms with Crippen LogP contribution in [0.5, 0.6) is 0 Å². The zero-order valence-corrected chi connectivity index (χ0v) is 12.0. The van der Waals surface area contributed by atoms with E-state index in [-0.39, 0.29) is 5.91 Å². The topological polar surface area (TPSA) is 81.4 Å². The third-order valence-electron chi connectivity index (χ3n) is 3.46. The maximum atomic E-state index is 12.0. The van der Waals surface area contributed by atoms with E-state index in [0.29, 0.717) is 11.3 Å². The first kappa shape index (κ1) is 15.0. The van der Waals surface area contributed by atoms with Crippen LogP contribution in [0.4, 0.5) is 5.69 Å². The number of hydrogen-bond acceptors (Lipinski definition) is 4. The Balaban J connectivity index is 2.52. The van der Waals surface area contributed by atoms with Crippen LogP contribution in [0.1, 0.15) is 12.5 Å². The third kappa shape index (κ3) is 2.87. The van der Waals surface area contributed by atoms with E-state index in [2.05, 4.69) is 5.32 Å². The number of ether oxygens (including phenoxy) is 1. The van der Waals surface area contributed by atoms with E-state index in [9.17, 15) is 9.59 Å². The molecular weight excluding hydrogens is 268 g/mol. The number of hydrogen-bond donors (Lipinski definition) is 2. The minimum absolute atomic E-state index is 0.198. The molecule has 2 rings (SSSR count). The smallest absolute Gasteiger partial charge is 0.315 e. The van der Waals surface area contributed by atoms with Crippen molar-refractivity contribution in [1.29, 1.82) is 0 Å². The summed E-state index contributed by atoms with van der Waals surface area (Å²) in [6.07, 6.45) is 6.99. The normalized spacial score (nSPS) is 23.7. The number of anilines is 1. The number of esters is 1. The summed E-state index contributed by atoms with van der Waals surface area (Å²) in [6, 6.07) is 7.17. The number of para-hydroxylation sites is 1. The highest BCUT2D eigenvalue weighted by Crippen LogP contribution is 2.37. The van der Waals surface area contributed by atoms with Gasteiger partial charge < -0.3 is 15.8 Å². The van der Waals surface area contributed by atoms with Crippen LogP contribution in [0.3, 0.4) is 0 Å². The van der Waals surface area contributed by atoms with Crippen LogP contribution in [-0.4, -0.2) is 19.0 Å². The van der Waals surface area contributed by atoms with Gasteiger partial charge in [-0.05, 0) is 6.07 Å². The first-order valence-corrected chi connectivity index (χ1v) is 6.59. The Labute approximate surface area is 123 Å². The van der Waals surface area contributed by atoms with Gasteiger partial charge in [0.05, 0.1) is 12.6 Å². The van der Waals surface area contributed by atoms with Gasteiger partial charge >= 0.3 is 5.97 Å². The summed E-state index contributed by atoms with van der Waals surface area (Å²) >= 11 is 0. The first-order valence-electron chi connectivity index (χ1n) is 6.59. The molecule has 2 unspecified atom stereocenters. The molecule has 0 saturated heterocycles. The Morgan fingerprint density at radius 1 is 1.29 bits per heavy atom. The Kier molecular flexibility index (Phi) is 4.23. The summed E-state index contributed by atoms with van der Waals surface area (Å²) in [7, 11) is 1.33. The van der Waals surface area contributed by atoms with Crippen molar-refractivity contribution >= 4 is 17.6 Å². The highest BCUT2D eigenvalue weighted by atomic mass is 16.5. The van der Waals surface area contributed by atoms with Crippen molar-refractivity contribution in [3.8, 4) is 0 Å². The second-order valence-electron chi connectivity index (χ2n) is 4.90.